The second kappa shape index (κ2) is 9.79. The zero-order valence-electron chi connectivity index (χ0n) is 11.4. The van der Waals surface area contributed by atoms with E-state index in [1.165, 1.54) is 6.42 Å². The number of ketones is 1. The SMILES string of the molecule is CCC(=O)[C@H](CCCCN(CC)CC)NC. The summed E-state index contributed by atoms with van der Waals surface area (Å²) in [6.07, 6.45) is 3.94. The molecule has 3 nitrogen and oxygen atoms in total. The van der Waals surface area contributed by atoms with Crippen LogP contribution in [0.4, 0.5) is 0 Å². The smallest absolute Gasteiger partial charge is 0.149 e. The summed E-state index contributed by atoms with van der Waals surface area (Å²) in [6, 6.07) is 0.0710. The van der Waals surface area contributed by atoms with Crippen molar-refractivity contribution in [2.75, 3.05) is 26.7 Å². The number of hydrogen-bond acceptors (Lipinski definition) is 3. The first-order chi connectivity index (χ1) is 7.69. The van der Waals surface area contributed by atoms with Crippen LogP contribution in [-0.2, 0) is 4.79 Å². The third-order valence-corrected chi connectivity index (χ3v) is 3.20. The Morgan fingerprint density at radius 2 is 1.81 bits per heavy atom. The summed E-state index contributed by atoms with van der Waals surface area (Å²) in [6.45, 7) is 9.73. The second-order valence-electron chi connectivity index (χ2n) is 4.18. The molecule has 0 saturated carbocycles. The Hall–Kier alpha value is -0.410. The Bertz CT molecular complexity index is 179. The zero-order chi connectivity index (χ0) is 12.4. The second-order valence-corrected chi connectivity index (χ2v) is 4.18. The fraction of sp³-hybridized carbons (Fsp3) is 0.923. The molecule has 3 heteroatoms. The molecule has 0 aliphatic heterocycles. The summed E-state index contributed by atoms with van der Waals surface area (Å²) < 4.78 is 0. The molecule has 0 bridgehead atoms. The first-order valence-corrected chi connectivity index (χ1v) is 6.61. The van der Waals surface area contributed by atoms with Crippen molar-refractivity contribution >= 4 is 5.78 Å². The highest BCUT2D eigenvalue weighted by Gasteiger charge is 2.13. The molecule has 0 rings (SSSR count). The van der Waals surface area contributed by atoms with Crippen LogP contribution < -0.4 is 5.32 Å². The summed E-state index contributed by atoms with van der Waals surface area (Å²) in [7, 11) is 1.88. The average Bonchev–Trinajstić information content (AvgIpc) is 2.33. The molecule has 0 heterocycles. The number of rotatable bonds is 10. The topological polar surface area (TPSA) is 32.3 Å². The number of carbonyl (C=O) groups is 1. The number of nitrogens with one attached hydrogen (secondary N) is 1. The fourth-order valence-electron chi connectivity index (χ4n) is 1.94. The van der Waals surface area contributed by atoms with E-state index < -0.39 is 0 Å². The van der Waals surface area contributed by atoms with Gasteiger partial charge in [-0.05, 0) is 39.5 Å². The number of hydrogen-bond donors (Lipinski definition) is 1. The van der Waals surface area contributed by atoms with Crippen LogP contribution in [0, 0.1) is 0 Å². The molecular weight excluding hydrogens is 200 g/mol. The van der Waals surface area contributed by atoms with Crippen molar-refractivity contribution in [1.29, 1.82) is 0 Å². The van der Waals surface area contributed by atoms with Crippen LogP contribution in [0.3, 0.4) is 0 Å². The lowest BCUT2D eigenvalue weighted by atomic mass is 10.0. The molecule has 16 heavy (non-hydrogen) atoms. The molecule has 0 aromatic rings. The van der Waals surface area contributed by atoms with Gasteiger partial charge in [0.05, 0.1) is 6.04 Å². The summed E-state index contributed by atoms with van der Waals surface area (Å²) >= 11 is 0. The molecule has 0 aliphatic rings. The standard InChI is InChI=1S/C13H28N2O/c1-5-13(16)12(14-4)10-8-9-11-15(6-2)7-3/h12,14H,5-11H2,1-4H3/t12-/m0/s1. The van der Waals surface area contributed by atoms with Crippen molar-refractivity contribution in [3.8, 4) is 0 Å². The predicted octanol–water partition coefficient (Wildman–Crippen LogP) is 2.07. The van der Waals surface area contributed by atoms with Crippen molar-refractivity contribution in [3.63, 3.8) is 0 Å². The van der Waals surface area contributed by atoms with E-state index in [1.807, 2.05) is 14.0 Å². The van der Waals surface area contributed by atoms with Crippen LogP contribution in [0.1, 0.15) is 46.5 Å². The zero-order valence-corrected chi connectivity index (χ0v) is 11.4. The lowest BCUT2D eigenvalue weighted by Gasteiger charge is -2.19. The van der Waals surface area contributed by atoms with Crippen molar-refractivity contribution in [2.24, 2.45) is 0 Å². The summed E-state index contributed by atoms with van der Waals surface area (Å²) in [5.74, 6) is 0.338. The van der Waals surface area contributed by atoms with E-state index in [1.54, 1.807) is 0 Å². The summed E-state index contributed by atoms with van der Waals surface area (Å²) in [5, 5.41) is 3.11. The van der Waals surface area contributed by atoms with E-state index in [0.29, 0.717) is 12.2 Å². The van der Waals surface area contributed by atoms with Crippen molar-refractivity contribution in [1.82, 2.24) is 10.2 Å². The van der Waals surface area contributed by atoms with Crippen molar-refractivity contribution in [2.45, 2.75) is 52.5 Å². The Morgan fingerprint density at radius 1 is 1.19 bits per heavy atom. The summed E-state index contributed by atoms with van der Waals surface area (Å²) in [4.78, 5) is 13.9. The largest absolute Gasteiger partial charge is 0.311 e. The van der Waals surface area contributed by atoms with E-state index in [0.717, 1.165) is 32.5 Å². The molecule has 0 amide bonds. The van der Waals surface area contributed by atoms with Crippen molar-refractivity contribution < 1.29 is 4.79 Å². The molecule has 0 unspecified atom stereocenters. The monoisotopic (exact) mass is 228 g/mol. The van der Waals surface area contributed by atoms with Crippen LogP contribution >= 0.6 is 0 Å². The molecule has 0 fully saturated rings. The first kappa shape index (κ1) is 15.6. The van der Waals surface area contributed by atoms with Crippen molar-refractivity contribution in [3.05, 3.63) is 0 Å². The quantitative estimate of drug-likeness (QED) is 0.581. The van der Waals surface area contributed by atoms with Crippen LogP contribution in [0.15, 0.2) is 0 Å². The number of unbranched alkanes of at least 4 members (excludes halogenated alkanes) is 1. The lowest BCUT2D eigenvalue weighted by molar-refractivity contribution is -0.120. The number of carbonyl (C=O) groups excluding carboxylic acids is 1. The molecule has 0 aromatic carbocycles. The van der Waals surface area contributed by atoms with E-state index >= 15 is 0 Å². The Labute approximate surface area is 101 Å². The highest BCUT2D eigenvalue weighted by Crippen LogP contribution is 2.05. The number of Topliss-reactive ketones (excluding diaryl/α,β-unsaturated/α-hetero) is 1. The normalized spacial score (nSPS) is 13.1. The highest BCUT2D eigenvalue weighted by molar-refractivity contribution is 5.83. The number of likely N-dealkylation sites (N-methyl/N-ethyl adjacent to an activating group) is 1. The fourth-order valence-corrected chi connectivity index (χ4v) is 1.94. The maximum Gasteiger partial charge on any atom is 0.149 e. The van der Waals surface area contributed by atoms with Gasteiger partial charge in [0.1, 0.15) is 5.78 Å². The van der Waals surface area contributed by atoms with Gasteiger partial charge in [0, 0.05) is 6.42 Å². The van der Waals surface area contributed by atoms with E-state index in [4.69, 9.17) is 0 Å². The molecule has 96 valence electrons. The Balaban J connectivity index is 3.66. The Kier molecular flexibility index (Phi) is 9.54. The molecular formula is C13H28N2O. The molecule has 1 atom stereocenters. The molecule has 0 aliphatic carbocycles. The van der Waals surface area contributed by atoms with E-state index in [9.17, 15) is 4.79 Å². The van der Waals surface area contributed by atoms with Crippen LogP contribution in [0.5, 0.6) is 0 Å². The number of nitrogens with zero attached hydrogens (tertiary/aromatic N) is 1. The van der Waals surface area contributed by atoms with Gasteiger partial charge in [0.2, 0.25) is 0 Å². The third-order valence-electron chi connectivity index (χ3n) is 3.20. The molecule has 0 aromatic heterocycles. The highest BCUT2D eigenvalue weighted by atomic mass is 16.1. The molecule has 0 spiro atoms. The maximum absolute atomic E-state index is 11.5. The van der Waals surface area contributed by atoms with Gasteiger partial charge in [-0.1, -0.05) is 27.2 Å². The van der Waals surface area contributed by atoms with Crippen LogP contribution in [-0.4, -0.2) is 43.4 Å². The van der Waals surface area contributed by atoms with E-state index in [2.05, 4.69) is 24.1 Å². The van der Waals surface area contributed by atoms with Crippen LogP contribution in [0.25, 0.3) is 0 Å². The maximum atomic E-state index is 11.5. The van der Waals surface area contributed by atoms with Crippen LogP contribution in [0.2, 0.25) is 0 Å². The minimum atomic E-state index is 0.0710. The summed E-state index contributed by atoms with van der Waals surface area (Å²) in [5.41, 5.74) is 0. The molecule has 1 N–H and O–H groups in total. The molecule has 0 radical (unpaired) electrons. The van der Waals surface area contributed by atoms with Gasteiger partial charge in [0.15, 0.2) is 0 Å². The van der Waals surface area contributed by atoms with E-state index in [-0.39, 0.29) is 6.04 Å². The minimum absolute atomic E-state index is 0.0710. The first-order valence-electron chi connectivity index (χ1n) is 6.61. The Morgan fingerprint density at radius 3 is 2.25 bits per heavy atom. The minimum Gasteiger partial charge on any atom is -0.311 e. The van der Waals surface area contributed by atoms with Gasteiger partial charge < -0.3 is 10.2 Å². The van der Waals surface area contributed by atoms with Gasteiger partial charge in [0.25, 0.3) is 0 Å². The van der Waals surface area contributed by atoms with Gasteiger partial charge in [-0.2, -0.15) is 0 Å². The van der Waals surface area contributed by atoms with Gasteiger partial charge in [-0.15, -0.1) is 0 Å². The predicted molar refractivity (Wildman–Crippen MR) is 69.8 cm³/mol. The lowest BCUT2D eigenvalue weighted by Crippen LogP contribution is -2.33. The third kappa shape index (κ3) is 6.23. The molecule has 0 saturated heterocycles. The van der Waals surface area contributed by atoms with Gasteiger partial charge in [-0.3, -0.25) is 4.79 Å². The average molecular weight is 228 g/mol. The van der Waals surface area contributed by atoms with Gasteiger partial charge in [-0.25, -0.2) is 0 Å². The van der Waals surface area contributed by atoms with Gasteiger partial charge >= 0.3 is 0 Å².